The first-order valence-electron chi connectivity index (χ1n) is 47.0. The van der Waals surface area contributed by atoms with E-state index in [1.807, 2.05) is 0 Å². The molecule has 1 N–H and O–H groups in total. The number of Topliss-reactive ketones (excluding diaryl/α,β-unsaturated/α-hetero) is 1. The maximum atomic E-state index is 12.1. The third-order valence-corrected chi connectivity index (χ3v) is 37.2. The second-order valence-electron chi connectivity index (χ2n) is 37.2. The lowest BCUT2D eigenvalue weighted by molar-refractivity contribution is -0.268. The number of hydrogen-bond donors (Lipinski definition) is 1. The Balaban J connectivity index is 0.000000139. The number of ether oxygens (including phenoxy) is 4. The first kappa shape index (κ1) is 103. The number of carboxylic acid groups (broad SMARTS) is 1. The van der Waals surface area contributed by atoms with Gasteiger partial charge in [-0.3, -0.25) is 9.59 Å². The van der Waals surface area contributed by atoms with E-state index in [2.05, 4.69) is 339 Å². The van der Waals surface area contributed by atoms with Gasteiger partial charge in [-0.05, 0) is 264 Å². The first-order valence-corrected chi connectivity index (χ1v) is 55.3. The molecule has 0 spiro atoms. The molecule has 11 aromatic rings. The van der Waals surface area contributed by atoms with Gasteiger partial charge in [0.15, 0.2) is 60.3 Å². The molecule has 8 saturated carbocycles. The summed E-state index contributed by atoms with van der Waals surface area (Å²) in [6, 6.07) is 111. The maximum Gasteiger partial charge on any atom is 0.509 e. The number of carbonyl (C=O) groups excluding carboxylic acids is 3. The van der Waals surface area contributed by atoms with Crippen LogP contribution >= 0.6 is 0 Å². The predicted octanol–water partition coefficient (Wildman–Crippen LogP) is 24.8. The van der Waals surface area contributed by atoms with Crippen LogP contribution in [0.1, 0.15) is 186 Å². The number of hydrogen-bond acceptors (Lipinski definition) is 15. The topological polar surface area (TPSA) is 263 Å². The van der Waals surface area contributed by atoms with Crippen LogP contribution in [0.3, 0.4) is 0 Å². The van der Waals surface area contributed by atoms with E-state index in [0.29, 0.717) is 58.6 Å². The highest BCUT2D eigenvalue weighted by molar-refractivity contribution is 7.98. The molecule has 1 heterocycles. The largest absolute Gasteiger partial charge is 0.872 e. The van der Waals surface area contributed by atoms with Gasteiger partial charge in [-0.1, -0.05) is 267 Å². The van der Waals surface area contributed by atoms with Gasteiger partial charge in [-0.15, -0.1) is 0 Å². The molecule has 9 aliphatic rings. The van der Waals surface area contributed by atoms with Crippen LogP contribution < -0.4 is 5.11 Å². The first-order chi connectivity index (χ1) is 64.5. The SMILES string of the molecule is CC(C)(C)c1ccc([S+]2CCOCC2)cc1.CCC12CCC(CC1=O)C2(C)C.O=C(O)c1ccccc1[O-].O=C(OC1CCCCC1)OC(C1CCCCC1)S(=O)(=O)[O-].O=C(OCS(=O)(=O)[O-])C12CC3CC(CC(C3)C1)C2.c1ccc([S+](c2ccccc2)c2ccccc2)cc1.c1ccc([S+](c2ccccc2)c2ccccc2)cc1.c1ccc([S+](c2ccccc2)c2ccccc2)cc1. The van der Waals surface area contributed by atoms with Crippen molar-refractivity contribution in [2.75, 3.05) is 30.7 Å². The summed E-state index contributed by atoms with van der Waals surface area (Å²) >= 11 is 0. The van der Waals surface area contributed by atoms with Gasteiger partial charge in [-0.25, -0.2) is 26.4 Å². The molecule has 11 aromatic carbocycles. The van der Waals surface area contributed by atoms with Gasteiger partial charge in [0.05, 0.1) is 56.9 Å². The fourth-order valence-electron chi connectivity index (χ4n) is 20.3. The minimum atomic E-state index is -4.67. The molecule has 1 aliphatic heterocycles. The van der Waals surface area contributed by atoms with E-state index in [0.717, 1.165) is 103 Å². The number of rotatable bonds is 19. The summed E-state index contributed by atoms with van der Waals surface area (Å²) in [5, 5.41) is 19.0. The fraction of sp³-hybridized carbons (Fsp3) is 0.375. The molecule has 0 aromatic heterocycles. The van der Waals surface area contributed by atoms with E-state index in [9.17, 15) is 50.2 Å². The second-order valence-corrected chi connectivity index (χ2v) is 48.3. The Morgan fingerprint density at radius 3 is 1.11 bits per heavy atom. The van der Waals surface area contributed by atoms with Crippen LogP contribution in [-0.2, 0) is 97.8 Å². The van der Waals surface area contributed by atoms with Crippen molar-refractivity contribution >= 4 is 87.7 Å². The monoisotopic (exact) mass is 1920 g/mol. The second kappa shape index (κ2) is 49.9. The highest BCUT2D eigenvalue weighted by Crippen LogP contribution is 2.65. The zero-order chi connectivity index (χ0) is 95.1. The lowest BCUT2D eigenvalue weighted by Gasteiger charge is -2.55. The normalized spacial score (nSPS) is 20.7. The molecule has 708 valence electrons. The Labute approximate surface area is 806 Å². The van der Waals surface area contributed by atoms with E-state index in [1.165, 1.54) is 116 Å². The van der Waals surface area contributed by atoms with Crippen LogP contribution in [-0.4, -0.2) is 97.1 Å². The molecule has 134 heavy (non-hydrogen) atoms. The zero-order valence-electron chi connectivity index (χ0n) is 77.8. The fourth-order valence-corrected chi connectivity index (χ4v) is 29.6. The van der Waals surface area contributed by atoms with Crippen LogP contribution in [0.15, 0.2) is 370 Å². The average molecular weight is 1920 g/mol. The molecule has 22 heteroatoms. The summed E-state index contributed by atoms with van der Waals surface area (Å²) in [4.78, 5) is 59.7. The molecule has 1 saturated heterocycles. The van der Waals surface area contributed by atoms with Crippen LogP contribution in [0.2, 0.25) is 0 Å². The molecule has 9 fully saturated rings. The summed E-state index contributed by atoms with van der Waals surface area (Å²) in [6.45, 7) is 15.4. The predicted molar refractivity (Wildman–Crippen MR) is 533 cm³/mol. The molecular formula is C112H129O16S6+. The van der Waals surface area contributed by atoms with Crippen molar-refractivity contribution in [3.8, 4) is 5.75 Å². The van der Waals surface area contributed by atoms with Crippen molar-refractivity contribution in [3.63, 3.8) is 0 Å². The van der Waals surface area contributed by atoms with Gasteiger partial charge in [0, 0.05) is 28.6 Å². The minimum absolute atomic E-state index is 0.0146. The molecule has 16 nitrogen and oxygen atoms in total. The number of ketones is 1. The quantitative estimate of drug-likeness (QED) is 0.0448. The molecule has 0 amide bonds. The molecule has 3 unspecified atom stereocenters. The standard InChI is InChI=1S/3C18H15S.C14H24O6S.C14H21OS.C12H18O5S.C11H18O.C7H6O3/c3*1-4-10-16(11-5-1)19(17-12-6-2-7-13-17)18-14-8-3-9-15-18;15-14(19-12-9-5-2-6-10-12)20-13(21(16,17)18)11-7-3-1-4-8-11;1-14(2,3)12-4-6-13(7-5-12)16-10-8-15-9-11-16;13-11(17-7-18(14,15)16)12-4-8-1-9(5-12)3-10(2-8)6-12;1-4-11-6-5-8(7-9(11)12)10(11,2)3;8-6-4-2-1-3-5(6)7(9)10/h3*1-15H;11-13H,1-10H2,(H,16,17,18);4-7H,8-11H2,1-3H3;8-10H,1-7H2,(H,14,15,16);8H,4-7H2,1-3H3;1-4,8H,(H,9,10)/q3*+1;;+1;;;/p-3. The summed E-state index contributed by atoms with van der Waals surface area (Å²) in [7, 11) is -8.77. The molecular weight excluding hydrogens is 1790 g/mol. The highest BCUT2D eigenvalue weighted by Gasteiger charge is 2.63. The van der Waals surface area contributed by atoms with E-state index >= 15 is 0 Å². The Morgan fingerprint density at radius 1 is 0.485 bits per heavy atom. The third-order valence-electron chi connectivity index (χ3n) is 26.8. The van der Waals surface area contributed by atoms with Crippen LogP contribution in [0.25, 0.3) is 0 Å². The third kappa shape index (κ3) is 29.2. The zero-order valence-corrected chi connectivity index (χ0v) is 82.7. The molecule has 3 atom stereocenters. The number of carbonyl (C=O) groups is 4. The Kier molecular flexibility index (Phi) is 38.4. The van der Waals surface area contributed by atoms with Crippen molar-refractivity contribution in [2.24, 2.45) is 45.8 Å². The average Bonchev–Trinajstić information content (AvgIpc) is 1.55. The summed E-state index contributed by atoms with van der Waals surface area (Å²) in [5.41, 5.74) is -0.225. The van der Waals surface area contributed by atoms with Crippen LogP contribution in [0.5, 0.6) is 5.75 Å². The van der Waals surface area contributed by atoms with E-state index in [4.69, 9.17) is 24.1 Å². The number of esters is 1. The highest BCUT2D eigenvalue weighted by atomic mass is 32.2. The number of para-hydroxylation sites is 1. The number of aromatic carboxylic acids is 1. The Hall–Kier alpha value is -9.72. The summed E-state index contributed by atoms with van der Waals surface area (Å²) < 4.78 is 85.9. The summed E-state index contributed by atoms with van der Waals surface area (Å²) in [5.74, 6) is 1.91. The van der Waals surface area contributed by atoms with Crippen molar-refractivity contribution in [2.45, 2.75) is 236 Å². The van der Waals surface area contributed by atoms with Crippen molar-refractivity contribution in [1.82, 2.24) is 0 Å². The maximum absolute atomic E-state index is 12.1. The number of benzene rings is 11. The van der Waals surface area contributed by atoms with Crippen LogP contribution in [0.4, 0.5) is 4.79 Å². The van der Waals surface area contributed by atoms with E-state index in [1.54, 1.807) is 0 Å². The van der Waals surface area contributed by atoms with Crippen LogP contribution in [0, 0.1) is 45.8 Å². The molecule has 20 rings (SSSR count). The smallest absolute Gasteiger partial charge is 0.509 e. The number of fused-ring (bicyclic) bond motifs is 2. The lowest BCUT2D eigenvalue weighted by Crippen LogP contribution is -2.50. The molecule has 6 bridgehead atoms. The van der Waals surface area contributed by atoms with Crippen molar-refractivity contribution in [1.29, 1.82) is 0 Å². The van der Waals surface area contributed by atoms with Gasteiger partial charge in [0.2, 0.25) is 0 Å². The van der Waals surface area contributed by atoms with Gasteiger partial charge in [0.25, 0.3) is 0 Å². The van der Waals surface area contributed by atoms with Crippen molar-refractivity contribution in [3.05, 3.63) is 333 Å². The van der Waals surface area contributed by atoms with Gasteiger partial charge >= 0.3 is 18.1 Å². The molecule has 8 aliphatic carbocycles. The van der Waals surface area contributed by atoms with Gasteiger partial charge in [-0.2, -0.15) is 0 Å². The van der Waals surface area contributed by atoms with Gasteiger partial charge < -0.3 is 38.3 Å². The Morgan fingerprint density at radius 2 is 0.828 bits per heavy atom. The van der Waals surface area contributed by atoms with E-state index < -0.39 is 66.8 Å². The minimum Gasteiger partial charge on any atom is -0.872 e. The van der Waals surface area contributed by atoms with Crippen molar-refractivity contribution < 1.29 is 74.3 Å². The van der Waals surface area contributed by atoms with E-state index in [-0.39, 0.29) is 55.2 Å². The Bertz CT molecular complexity index is 5060. The number of carboxylic acids is 1. The van der Waals surface area contributed by atoms with Gasteiger partial charge in [0.1, 0.15) is 43.6 Å². The summed E-state index contributed by atoms with van der Waals surface area (Å²) in [6.07, 6.45) is 17.8. The lowest BCUT2D eigenvalue weighted by atomic mass is 9.49. The molecule has 0 radical (unpaired) electrons.